The Morgan fingerprint density at radius 3 is 2.39 bits per heavy atom. The largest absolute Gasteiger partial charge is 0.484 e. The zero-order valence-corrected chi connectivity index (χ0v) is 10.5. The van der Waals surface area contributed by atoms with E-state index in [-0.39, 0.29) is 12.7 Å². The number of hydrogen-bond acceptors (Lipinski definition) is 2. The predicted molar refractivity (Wildman–Crippen MR) is 64.7 cm³/mol. The van der Waals surface area contributed by atoms with E-state index in [1.807, 2.05) is 13.8 Å². The molecule has 0 fully saturated rings. The smallest absolute Gasteiger partial charge is 0.422 e. The molecule has 0 atom stereocenters. The van der Waals surface area contributed by atoms with Gasteiger partial charge in [0.15, 0.2) is 6.61 Å². The lowest BCUT2D eigenvalue weighted by molar-refractivity contribution is -0.153. The second-order valence-corrected chi connectivity index (χ2v) is 3.25. The number of amides is 1. The van der Waals surface area contributed by atoms with Gasteiger partial charge in [-0.3, -0.25) is 4.79 Å². The fourth-order valence-corrected chi connectivity index (χ4v) is 1.07. The molecule has 1 rings (SSSR count). The minimum absolute atomic E-state index is 0. The van der Waals surface area contributed by atoms with Crippen LogP contribution in [-0.2, 0) is 0 Å². The number of carbonyl (C=O) groups excluding carboxylic acids is 1. The second kappa shape index (κ2) is 6.88. The molecule has 1 aromatic carbocycles. The summed E-state index contributed by atoms with van der Waals surface area (Å²) in [5.41, 5.74) is 5.62. The fourth-order valence-electron chi connectivity index (χ4n) is 1.07. The van der Waals surface area contributed by atoms with Crippen LogP contribution in [0.2, 0.25) is 0 Å². The molecule has 104 valence electrons. The third kappa shape index (κ3) is 5.56. The minimum Gasteiger partial charge on any atom is -0.484 e. The van der Waals surface area contributed by atoms with Gasteiger partial charge in [-0.05, 0) is 24.6 Å². The number of primary amides is 1. The number of hydrogen-bond donors (Lipinski definition) is 1. The zero-order valence-electron chi connectivity index (χ0n) is 10.5. The van der Waals surface area contributed by atoms with E-state index in [1.54, 1.807) is 6.92 Å². The van der Waals surface area contributed by atoms with Gasteiger partial charge in [-0.1, -0.05) is 19.9 Å². The maximum Gasteiger partial charge on any atom is 0.422 e. The van der Waals surface area contributed by atoms with E-state index in [1.165, 1.54) is 18.2 Å². The van der Waals surface area contributed by atoms with Crippen LogP contribution < -0.4 is 10.5 Å². The summed E-state index contributed by atoms with van der Waals surface area (Å²) >= 11 is 0. The molecule has 1 amide bonds. The zero-order chi connectivity index (χ0) is 14.3. The molecule has 0 heterocycles. The highest BCUT2D eigenvalue weighted by molar-refractivity contribution is 5.93. The topological polar surface area (TPSA) is 52.3 Å². The Balaban J connectivity index is 0. The van der Waals surface area contributed by atoms with Crippen molar-refractivity contribution in [3.8, 4) is 5.75 Å². The summed E-state index contributed by atoms with van der Waals surface area (Å²) in [4.78, 5) is 10.8. The lowest BCUT2D eigenvalue weighted by atomic mass is 10.1. The van der Waals surface area contributed by atoms with Crippen LogP contribution in [0.25, 0.3) is 0 Å². The van der Waals surface area contributed by atoms with Crippen molar-refractivity contribution in [2.75, 3.05) is 6.61 Å². The molecule has 18 heavy (non-hydrogen) atoms. The molecule has 0 radical (unpaired) electrons. The molecule has 0 saturated carbocycles. The molecule has 2 N–H and O–H groups in total. The highest BCUT2D eigenvalue weighted by Crippen LogP contribution is 2.22. The Morgan fingerprint density at radius 1 is 1.39 bits per heavy atom. The quantitative estimate of drug-likeness (QED) is 0.911. The Hall–Kier alpha value is -1.72. The Kier molecular flexibility index (Phi) is 6.22. The molecule has 0 aliphatic carbocycles. The Morgan fingerprint density at radius 2 is 1.94 bits per heavy atom. The van der Waals surface area contributed by atoms with Crippen LogP contribution >= 0.6 is 0 Å². The average molecular weight is 265 g/mol. The molecule has 0 saturated heterocycles. The van der Waals surface area contributed by atoms with Crippen LogP contribution in [0.3, 0.4) is 0 Å². The maximum atomic E-state index is 11.9. The van der Waals surface area contributed by atoms with Crippen LogP contribution in [0.1, 0.15) is 31.2 Å². The molecule has 3 nitrogen and oxygen atoms in total. The van der Waals surface area contributed by atoms with E-state index >= 15 is 0 Å². The van der Waals surface area contributed by atoms with Crippen molar-refractivity contribution in [2.45, 2.75) is 26.9 Å². The van der Waals surface area contributed by atoms with Crippen molar-refractivity contribution in [1.82, 2.24) is 0 Å². The number of nitrogens with two attached hydrogens (primary N) is 1. The van der Waals surface area contributed by atoms with Crippen molar-refractivity contribution in [3.05, 3.63) is 29.3 Å². The molecule has 0 bridgehead atoms. The Labute approximate surface area is 105 Å². The van der Waals surface area contributed by atoms with E-state index in [0.29, 0.717) is 5.56 Å². The molecule has 1 aromatic rings. The number of alkyl halides is 3. The molecule has 0 unspecified atom stereocenters. The van der Waals surface area contributed by atoms with Crippen molar-refractivity contribution in [3.63, 3.8) is 0 Å². The summed E-state index contributed by atoms with van der Waals surface area (Å²) in [6.07, 6.45) is -4.41. The van der Waals surface area contributed by atoms with Crippen LogP contribution in [0.4, 0.5) is 13.2 Å². The lowest BCUT2D eigenvalue weighted by Crippen LogP contribution is -2.20. The summed E-state index contributed by atoms with van der Waals surface area (Å²) in [6.45, 7) is 4.19. The summed E-state index contributed by atoms with van der Waals surface area (Å²) in [5, 5.41) is 0. The molecule has 0 aromatic heterocycles. The van der Waals surface area contributed by atoms with Gasteiger partial charge in [-0.15, -0.1) is 0 Å². The number of carbonyl (C=O) groups is 1. The third-order valence-electron chi connectivity index (χ3n) is 1.86. The van der Waals surface area contributed by atoms with Gasteiger partial charge in [0.1, 0.15) is 5.75 Å². The highest BCUT2D eigenvalue weighted by atomic mass is 19.4. The number of ether oxygens (including phenoxy) is 1. The van der Waals surface area contributed by atoms with Crippen molar-refractivity contribution >= 4 is 5.91 Å². The number of rotatable bonds is 3. The summed E-state index contributed by atoms with van der Waals surface area (Å²) in [6, 6.07) is 4.10. The first-order chi connectivity index (χ1) is 8.29. The maximum absolute atomic E-state index is 11.9. The van der Waals surface area contributed by atoms with E-state index < -0.39 is 18.7 Å². The first-order valence-electron chi connectivity index (χ1n) is 5.39. The third-order valence-corrected chi connectivity index (χ3v) is 1.86. The van der Waals surface area contributed by atoms with Gasteiger partial charge in [-0.2, -0.15) is 13.2 Å². The first kappa shape index (κ1) is 16.3. The van der Waals surface area contributed by atoms with Crippen molar-refractivity contribution < 1.29 is 24.1 Å². The van der Waals surface area contributed by atoms with Gasteiger partial charge < -0.3 is 10.5 Å². The van der Waals surface area contributed by atoms with Gasteiger partial charge >= 0.3 is 6.18 Å². The number of aryl methyl sites for hydroxylation is 1. The van der Waals surface area contributed by atoms with Gasteiger partial charge in [0.05, 0.1) is 0 Å². The Bertz CT molecular complexity index is 408. The first-order valence-corrected chi connectivity index (χ1v) is 5.39. The average Bonchev–Trinajstić information content (AvgIpc) is 2.29. The SMILES string of the molecule is CC.Cc1ccc(C(N)=O)cc1OCC(F)(F)F.[HH]. The minimum atomic E-state index is -4.41. The van der Waals surface area contributed by atoms with E-state index in [2.05, 4.69) is 4.74 Å². The molecule has 0 aliphatic heterocycles. The monoisotopic (exact) mass is 265 g/mol. The summed E-state index contributed by atoms with van der Waals surface area (Å²) < 4.78 is 40.3. The molecular weight excluding hydrogens is 247 g/mol. The van der Waals surface area contributed by atoms with Gasteiger partial charge in [0.2, 0.25) is 5.91 Å². The number of halogens is 3. The second-order valence-electron chi connectivity index (χ2n) is 3.25. The van der Waals surface area contributed by atoms with Crippen molar-refractivity contribution in [1.29, 1.82) is 0 Å². The number of benzene rings is 1. The van der Waals surface area contributed by atoms with E-state index in [9.17, 15) is 18.0 Å². The van der Waals surface area contributed by atoms with Crippen LogP contribution in [0, 0.1) is 6.92 Å². The molecule has 0 aliphatic rings. The standard InChI is InChI=1S/C10H10F3NO2.C2H6.H2/c1-6-2-3-7(9(14)15)4-8(6)16-5-10(11,12)13;1-2;/h2-4H,5H2,1H3,(H2,14,15);1-2H3;1H. The molecule has 6 heteroatoms. The van der Waals surface area contributed by atoms with Crippen LogP contribution in [0.5, 0.6) is 5.75 Å². The van der Waals surface area contributed by atoms with Crippen LogP contribution in [0.15, 0.2) is 18.2 Å². The van der Waals surface area contributed by atoms with E-state index in [4.69, 9.17) is 5.73 Å². The molecular formula is C12H18F3NO2. The van der Waals surface area contributed by atoms with Gasteiger partial charge in [0.25, 0.3) is 0 Å². The summed E-state index contributed by atoms with van der Waals surface area (Å²) in [5.74, 6) is -0.703. The van der Waals surface area contributed by atoms with Gasteiger partial charge in [0, 0.05) is 6.99 Å². The fraction of sp³-hybridized carbons (Fsp3) is 0.417. The normalized spacial score (nSPS) is 10.3. The van der Waals surface area contributed by atoms with E-state index in [0.717, 1.165) is 0 Å². The van der Waals surface area contributed by atoms with Crippen molar-refractivity contribution in [2.24, 2.45) is 5.73 Å². The molecule has 0 spiro atoms. The predicted octanol–water partition coefficient (Wildman–Crippen LogP) is 3.31. The van der Waals surface area contributed by atoms with Crippen LogP contribution in [-0.4, -0.2) is 18.7 Å². The highest BCUT2D eigenvalue weighted by Gasteiger charge is 2.28. The van der Waals surface area contributed by atoms with Gasteiger partial charge in [-0.25, -0.2) is 0 Å². The summed E-state index contributed by atoms with van der Waals surface area (Å²) in [7, 11) is 0. The lowest BCUT2D eigenvalue weighted by Gasteiger charge is -2.11.